The summed E-state index contributed by atoms with van der Waals surface area (Å²) in [5.74, 6) is -0.412. The summed E-state index contributed by atoms with van der Waals surface area (Å²) < 4.78 is 26.0. The lowest BCUT2D eigenvalue weighted by Gasteiger charge is -2.27. The van der Waals surface area contributed by atoms with Crippen molar-refractivity contribution in [2.75, 3.05) is 6.54 Å². The van der Waals surface area contributed by atoms with Crippen LogP contribution in [0.15, 0.2) is 65.8 Å². The van der Waals surface area contributed by atoms with Crippen molar-refractivity contribution in [3.8, 4) is 0 Å². The Labute approximate surface area is 157 Å². The Morgan fingerprint density at radius 2 is 1.81 bits per heavy atom. The van der Waals surface area contributed by atoms with Crippen LogP contribution >= 0.6 is 0 Å². The van der Waals surface area contributed by atoms with Gasteiger partial charge in [0.25, 0.3) is 5.91 Å². The van der Waals surface area contributed by atoms with Crippen molar-refractivity contribution in [3.05, 3.63) is 83.4 Å². The Bertz CT molecular complexity index is 1070. The van der Waals surface area contributed by atoms with Crippen molar-refractivity contribution in [3.63, 3.8) is 0 Å². The number of imidazole rings is 1. The van der Waals surface area contributed by atoms with Crippen LogP contribution in [0.5, 0.6) is 0 Å². The molecule has 0 bridgehead atoms. The number of nitrogens with zero attached hydrogens (tertiary/aromatic N) is 2. The van der Waals surface area contributed by atoms with Crippen LogP contribution in [-0.2, 0) is 28.6 Å². The molecule has 0 saturated carbocycles. The summed E-state index contributed by atoms with van der Waals surface area (Å²) in [5, 5.41) is 0. The molecule has 27 heavy (non-hydrogen) atoms. The number of amides is 1. The van der Waals surface area contributed by atoms with E-state index >= 15 is 0 Å². The third-order valence-electron chi connectivity index (χ3n) is 4.71. The number of rotatable bonds is 4. The lowest BCUT2D eigenvalue weighted by molar-refractivity contribution is 0.0728. The summed E-state index contributed by atoms with van der Waals surface area (Å²) in [6.07, 6.45) is 2.28. The van der Waals surface area contributed by atoms with Gasteiger partial charge in [-0.05, 0) is 17.7 Å². The average Bonchev–Trinajstić information content (AvgIpc) is 3.15. The number of hydrogen-bond donors (Lipinski definition) is 1. The van der Waals surface area contributed by atoms with Crippen LogP contribution in [0.4, 0.5) is 0 Å². The van der Waals surface area contributed by atoms with Crippen molar-refractivity contribution < 1.29 is 13.2 Å². The van der Waals surface area contributed by atoms with Gasteiger partial charge in [0, 0.05) is 13.0 Å². The number of aromatic nitrogens is 2. The number of H-pyrrole nitrogens is 1. The van der Waals surface area contributed by atoms with Gasteiger partial charge in [-0.2, -0.15) is 0 Å². The van der Waals surface area contributed by atoms with Gasteiger partial charge in [0.15, 0.2) is 9.84 Å². The van der Waals surface area contributed by atoms with Crippen LogP contribution in [0.2, 0.25) is 0 Å². The number of sulfone groups is 1. The van der Waals surface area contributed by atoms with E-state index in [1.165, 1.54) is 6.07 Å². The molecular formula is C20H19N3O3S. The van der Waals surface area contributed by atoms with Gasteiger partial charge in [0.05, 0.1) is 40.5 Å². The second-order valence-corrected chi connectivity index (χ2v) is 8.50. The van der Waals surface area contributed by atoms with Crippen LogP contribution in [0.3, 0.4) is 0 Å². The van der Waals surface area contributed by atoms with Crippen LogP contribution < -0.4 is 0 Å². The quantitative estimate of drug-likeness (QED) is 0.753. The van der Waals surface area contributed by atoms with Crippen molar-refractivity contribution in [2.45, 2.75) is 23.6 Å². The normalized spacial score (nSPS) is 14.0. The van der Waals surface area contributed by atoms with Gasteiger partial charge < -0.3 is 9.88 Å². The Balaban J connectivity index is 1.64. The number of benzene rings is 2. The minimum atomic E-state index is -3.65. The first kappa shape index (κ1) is 17.5. The maximum absolute atomic E-state index is 13.1. The summed E-state index contributed by atoms with van der Waals surface area (Å²) in [6, 6.07) is 15.4. The van der Waals surface area contributed by atoms with Gasteiger partial charge in [-0.3, -0.25) is 4.79 Å². The Morgan fingerprint density at radius 3 is 2.63 bits per heavy atom. The topological polar surface area (TPSA) is 83.1 Å². The van der Waals surface area contributed by atoms with E-state index in [0.717, 1.165) is 11.4 Å². The summed E-state index contributed by atoms with van der Waals surface area (Å²) >= 11 is 0. The molecule has 0 spiro atoms. The maximum Gasteiger partial charge on any atom is 0.255 e. The molecule has 4 rings (SSSR count). The molecule has 2 heterocycles. The molecule has 138 valence electrons. The highest BCUT2D eigenvalue weighted by atomic mass is 32.2. The molecule has 1 amide bonds. The number of aromatic amines is 1. The Hall–Kier alpha value is -2.93. The standard InChI is InChI=1S/C20H19N3O3S/c24-20(23-11-10-17-18(12-23)22-14-21-17)16-8-4-5-9-19(16)27(25,26)13-15-6-2-1-3-7-15/h1-9,14H,10-13H2,(H,21,22). The summed E-state index contributed by atoms with van der Waals surface area (Å²) in [5.41, 5.74) is 2.78. The lowest BCUT2D eigenvalue weighted by Crippen LogP contribution is -2.36. The Kier molecular flexibility index (Phi) is 4.53. The first-order valence-electron chi connectivity index (χ1n) is 8.71. The summed E-state index contributed by atoms with van der Waals surface area (Å²) in [7, 11) is -3.65. The van der Waals surface area contributed by atoms with Crippen LogP contribution in [0.25, 0.3) is 0 Å². The van der Waals surface area contributed by atoms with Crippen molar-refractivity contribution in [1.82, 2.24) is 14.9 Å². The van der Waals surface area contributed by atoms with Gasteiger partial charge >= 0.3 is 0 Å². The minimum Gasteiger partial charge on any atom is -0.347 e. The number of carbonyl (C=O) groups is 1. The van der Waals surface area contributed by atoms with Crippen LogP contribution in [0.1, 0.15) is 27.3 Å². The predicted octanol–water partition coefficient (Wildman–Crippen LogP) is 2.58. The summed E-state index contributed by atoms with van der Waals surface area (Å²) in [6.45, 7) is 0.922. The summed E-state index contributed by atoms with van der Waals surface area (Å²) in [4.78, 5) is 22.1. The van der Waals surface area contributed by atoms with E-state index in [1.807, 2.05) is 6.07 Å². The zero-order valence-electron chi connectivity index (χ0n) is 14.6. The molecule has 1 aliphatic heterocycles. The molecule has 0 unspecified atom stereocenters. The van der Waals surface area contributed by atoms with E-state index in [0.29, 0.717) is 25.1 Å². The predicted molar refractivity (Wildman–Crippen MR) is 101 cm³/mol. The van der Waals surface area contributed by atoms with Crippen molar-refractivity contribution >= 4 is 15.7 Å². The van der Waals surface area contributed by atoms with Gasteiger partial charge in [-0.15, -0.1) is 0 Å². The second-order valence-electron chi connectivity index (χ2n) is 6.55. The molecule has 0 aliphatic carbocycles. The average molecular weight is 381 g/mol. The molecule has 1 N–H and O–H groups in total. The zero-order chi connectivity index (χ0) is 18.9. The van der Waals surface area contributed by atoms with E-state index in [9.17, 15) is 13.2 Å². The lowest BCUT2D eigenvalue weighted by atomic mass is 10.1. The maximum atomic E-state index is 13.1. The molecule has 0 radical (unpaired) electrons. The third kappa shape index (κ3) is 3.50. The van der Waals surface area contributed by atoms with Crippen molar-refractivity contribution in [1.29, 1.82) is 0 Å². The van der Waals surface area contributed by atoms with E-state index in [2.05, 4.69) is 9.97 Å². The number of fused-ring (bicyclic) bond motifs is 1. The molecule has 6 nitrogen and oxygen atoms in total. The van der Waals surface area contributed by atoms with Gasteiger partial charge in [0.1, 0.15) is 0 Å². The molecular weight excluding hydrogens is 362 g/mol. The van der Waals surface area contributed by atoms with Crippen LogP contribution in [-0.4, -0.2) is 35.7 Å². The highest BCUT2D eigenvalue weighted by molar-refractivity contribution is 7.90. The Morgan fingerprint density at radius 1 is 1.07 bits per heavy atom. The molecule has 2 aromatic carbocycles. The fraction of sp³-hybridized carbons (Fsp3) is 0.200. The van der Waals surface area contributed by atoms with E-state index < -0.39 is 9.84 Å². The highest BCUT2D eigenvalue weighted by Crippen LogP contribution is 2.24. The van der Waals surface area contributed by atoms with E-state index in [-0.39, 0.29) is 22.1 Å². The molecule has 1 aromatic heterocycles. The van der Waals surface area contributed by atoms with E-state index in [1.54, 1.807) is 53.7 Å². The fourth-order valence-corrected chi connectivity index (χ4v) is 4.91. The number of carbonyl (C=O) groups excluding carboxylic acids is 1. The second kappa shape index (κ2) is 7.00. The van der Waals surface area contributed by atoms with Gasteiger partial charge in [0.2, 0.25) is 0 Å². The highest BCUT2D eigenvalue weighted by Gasteiger charge is 2.28. The van der Waals surface area contributed by atoms with Crippen molar-refractivity contribution in [2.24, 2.45) is 0 Å². The van der Waals surface area contributed by atoms with Crippen LogP contribution in [0, 0.1) is 0 Å². The molecule has 1 aliphatic rings. The monoisotopic (exact) mass is 381 g/mol. The SMILES string of the molecule is O=C(c1ccccc1S(=O)(=O)Cc1ccccc1)N1CCc2nc[nH]c2C1. The number of nitrogens with one attached hydrogen (secondary N) is 1. The molecule has 3 aromatic rings. The minimum absolute atomic E-state index is 0.0780. The molecule has 0 atom stereocenters. The third-order valence-corrected chi connectivity index (χ3v) is 6.45. The molecule has 7 heteroatoms. The zero-order valence-corrected chi connectivity index (χ0v) is 15.4. The number of hydrogen-bond acceptors (Lipinski definition) is 4. The molecule has 0 fully saturated rings. The smallest absolute Gasteiger partial charge is 0.255 e. The molecule has 0 saturated heterocycles. The first-order valence-corrected chi connectivity index (χ1v) is 10.4. The fourth-order valence-electron chi connectivity index (χ4n) is 3.34. The van der Waals surface area contributed by atoms with E-state index in [4.69, 9.17) is 0 Å². The van der Waals surface area contributed by atoms with Gasteiger partial charge in [-0.1, -0.05) is 42.5 Å². The van der Waals surface area contributed by atoms with Gasteiger partial charge in [-0.25, -0.2) is 13.4 Å². The first-order chi connectivity index (χ1) is 13.0. The largest absolute Gasteiger partial charge is 0.347 e.